The van der Waals surface area contributed by atoms with E-state index in [4.69, 9.17) is 9.47 Å². The molecule has 0 saturated carbocycles. The molecule has 1 rings (SSSR count). The van der Waals surface area contributed by atoms with Gasteiger partial charge in [-0.05, 0) is 32.6 Å². The second-order valence-electron chi connectivity index (χ2n) is 4.46. The van der Waals surface area contributed by atoms with Gasteiger partial charge in [-0.2, -0.15) is 0 Å². The van der Waals surface area contributed by atoms with Gasteiger partial charge in [0, 0.05) is 32.4 Å². The number of hydrogen-bond acceptors (Lipinski definition) is 4. The third kappa shape index (κ3) is 5.25. The summed E-state index contributed by atoms with van der Waals surface area (Å²) in [6.07, 6.45) is 1.84. The van der Waals surface area contributed by atoms with Gasteiger partial charge in [0.05, 0.1) is 12.7 Å². The predicted molar refractivity (Wildman–Crippen MR) is 63.5 cm³/mol. The number of nitrogens with one attached hydrogen (secondary N) is 1. The molecule has 1 aliphatic heterocycles. The molecule has 16 heavy (non-hydrogen) atoms. The van der Waals surface area contributed by atoms with Crippen molar-refractivity contribution in [3.05, 3.63) is 0 Å². The fraction of sp³-hybridized carbons (Fsp3) is 1.00. The van der Waals surface area contributed by atoms with Crippen molar-refractivity contribution in [1.82, 2.24) is 5.32 Å². The van der Waals surface area contributed by atoms with Crippen molar-refractivity contribution < 1.29 is 14.6 Å². The highest BCUT2D eigenvalue weighted by molar-refractivity contribution is 4.75. The van der Waals surface area contributed by atoms with Crippen LogP contribution in [-0.2, 0) is 9.47 Å². The van der Waals surface area contributed by atoms with Gasteiger partial charge in [-0.15, -0.1) is 0 Å². The minimum atomic E-state index is -0.401. The van der Waals surface area contributed by atoms with E-state index in [2.05, 4.69) is 12.2 Å². The van der Waals surface area contributed by atoms with E-state index in [1.165, 1.54) is 0 Å². The Kier molecular flexibility index (Phi) is 6.96. The Hall–Kier alpha value is -0.160. The zero-order valence-electron chi connectivity index (χ0n) is 10.4. The molecule has 0 radical (unpaired) electrons. The van der Waals surface area contributed by atoms with Gasteiger partial charge in [-0.3, -0.25) is 0 Å². The molecule has 1 heterocycles. The van der Waals surface area contributed by atoms with Crippen molar-refractivity contribution in [3.63, 3.8) is 0 Å². The molecule has 2 atom stereocenters. The van der Waals surface area contributed by atoms with E-state index in [1.807, 2.05) is 6.92 Å². The molecule has 0 aromatic rings. The summed E-state index contributed by atoms with van der Waals surface area (Å²) in [5.74, 6) is 0.674. The first-order chi connectivity index (χ1) is 7.74. The highest BCUT2D eigenvalue weighted by atomic mass is 16.5. The van der Waals surface area contributed by atoms with Crippen LogP contribution >= 0.6 is 0 Å². The van der Waals surface area contributed by atoms with E-state index < -0.39 is 6.10 Å². The lowest BCUT2D eigenvalue weighted by molar-refractivity contribution is 0.0334. The Morgan fingerprint density at radius 1 is 1.44 bits per heavy atom. The van der Waals surface area contributed by atoms with Crippen LogP contribution in [0.25, 0.3) is 0 Å². The summed E-state index contributed by atoms with van der Waals surface area (Å²) in [7, 11) is 0. The van der Waals surface area contributed by atoms with E-state index in [-0.39, 0.29) is 0 Å². The number of rotatable bonds is 7. The van der Waals surface area contributed by atoms with Crippen LogP contribution in [0, 0.1) is 5.92 Å². The highest BCUT2D eigenvalue weighted by Crippen LogP contribution is 2.18. The fourth-order valence-corrected chi connectivity index (χ4v) is 2.02. The molecule has 2 unspecified atom stereocenters. The van der Waals surface area contributed by atoms with Crippen LogP contribution in [0.2, 0.25) is 0 Å². The second-order valence-corrected chi connectivity index (χ2v) is 4.46. The molecule has 0 aliphatic carbocycles. The summed E-state index contributed by atoms with van der Waals surface area (Å²) >= 11 is 0. The van der Waals surface area contributed by atoms with Crippen LogP contribution in [0.5, 0.6) is 0 Å². The number of hydrogen-bond donors (Lipinski definition) is 2. The van der Waals surface area contributed by atoms with Crippen molar-refractivity contribution in [2.75, 3.05) is 33.0 Å². The minimum absolute atomic E-state index is 0.401. The van der Waals surface area contributed by atoms with Gasteiger partial charge in [0.1, 0.15) is 0 Å². The van der Waals surface area contributed by atoms with Crippen LogP contribution in [0.3, 0.4) is 0 Å². The average molecular weight is 231 g/mol. The van der Waals surface area contributed by atoms with Crippen molar-refractivity contribution >= 4 is 0 Å². The van der Waals surface area contributed by atoms with E-state index in [1.54, 1.807) is 0 Å². The maximum Gasteiger partial charge on any atom is 0.0897 e. The van der Waals surface area contributed by atoms with Gasteiger partial charge in [-0.1, -0.05) is 0 Å². The lowest BCUT2D eigenvalue weighted by Gasteiger charge is -2.29. The standard InChI is InChI=1S/C12H25NO3/c1-3-15-9-12(14)8-13-10(2)11-4-6-16-7-5-11/h10-14H,3-9H2,1-2H3. The zero-order valence-corrected chi connectivity index (χ0v) is 10.4. The summed E-state index contributed by atoms with van der Waals surface area (Å²) in [4.78, 5) is 0. The van der Waals surface area contributed by atoms with E-state index in [9.17, 15) is 5.11 Å². The first kappa shape index (κ1) is 13.9. The van der Waals surface area contributed by atoms with Crippen LogP contribution in [0.1, 0.15) is 26.7 Å². The van der Waals surface area contributed by atoms with Crippen molar-refractivity contribution in [1.29, 1.82) is 0 Å². The number of ether oxygens (including phenoxy) is 2. The molecule has 4 nitrogen and oxygen atoms in total. The summed E-state index contributed by atoms with van der Waals surface area (Å²) in [6.45, 7) is 7.56. The minimum Gasteiger partial charge on any atom is -0.389 e. The van der Waals surface area contributed by atoms with Gasteiger partial charge in [-0.25, -0.2) is 0 Å². The molecular formula is C12H25NO3. The molecule has 1 aliphatic rings. The largest absolute Gasteiger partial charge is 0.389 e. The molecule has 0 bridgehead atoms. The van der Waals surface area contributed by atoms with Crippen molar-refractivity contribution in [2.24, 2.45) is 5.92 Å². The van der Waals surface area contributed by atoms with Gasteiger partial charge in [0.15, 0.2) is 0 Å². The molecule has 0 spiro atoms. The third-order valence-electron chi connectivity index (χ3n) is 3.16. The van der Waals surface area contributed by atoms with E-state index >= 15 is 0 Å². The normalized spacial score (nSPS) is 21.9. The number of aliphatic hydroxyl groups excluding tert-OH is 1. The van der Waals surface area contributed by atoms with Crippen LogP contribution < -0.4 is 5.32 Å². The topological polar surface area (TPSA) is 50.7 Å². The molecule has 0 amide bonds. The van der Waals surface area contributed by atoms with Crippen LogP contribution in [0.4, 0.5) is 0 Å². The Labute approximate surface area is 98.3 Å². The van der Waals surface area contributed by atoms with Gasteiger partial charge < -0.3 is 19.9 Å². The first-order valence-electron chi connectivity index (χ1n) is 6.31. The van der Waals surface area contributed by atoms with Gasteiger partial charge in [0.25, 0.3) is 0 Å². The molecule has 1 saturated heterocycles. The quantitative estimate of drug-likeness (QED) is 0.680. The summed E-state index contributed by atoms with van der Waals surface area (Å²) in [5, 5.41) is 13.0. The maximum absolute atomic E-state index is 9.62. The average Bonchev–Trinajstić information content (AvgIpc) is 2.34. The van der Waals surface area contributed by atoms with Crippen LogP contribution in [0.15, 0.2) is 0 Å². The number of aliphatic hydroxyl groups is 1. The monoisotopic (exact) mass is 231 g/mol. The zero-order chi connectivity index (χ0) is 11.8. The predicted octanol–water partition coefficient (Wildman–Crippen LogP) is 0.788. The fourth-order valence-electron chi connectivity index (χ4n) is 2.02. The molecule has 4 heteroatoms. The van der Waals surface area contributed by atoms with Gasteiger partial charge in [0.2, 0.25) is 0 Å². The van der Waals surface area contributed by atoms with Crippen molar-refractivity contribution in [3.8, 4) is 0 Å². The summed E-state index contributed by atoms with van der Waals surface area (Å²) in [6, 6.07) is 0.445. The highest BCUT2D eigenvalue weighted by Gasteiger charge is 2.20. The maximum atomic E-state index is 9.62. The van der Waals surface area contributed by atoms with Gasteiger partial charge >= 0.3 is 0 Å². The molecule has 96 valence electrons. The second kappa shape index (κ2) is 8.01. The Morgan fingerprint density at radius 2 is 2.12 bits per heavy atom. The lowest BCUT2D eigenvalue weighted by Crippen LogP contribution is -2.41. The Bertz CT molecular complexity index is 172. The SMILES string of the molecule is CCOCC(O)CNC(C)C1CCOCC1. The molecular weight excluding hydrogens is 206 g/mol. The van der Waals surface area contributed by atoms with E-state index in [0.717, 1.165) is 26.1 Å². The van der Waals surface area contributed by atoms with Crippen molar-refractivity contribution in [2.45, 2.75) is 38.8 Å². The summed E-state index contributed by atoms with van der Waals surface area (Å²) in [5.41, 5.74) is 0. The first-order valence-corrected chi connectivity index (χ1v) is 6.31. The van der Waals surface area contributed by atoms with E-state index in [0.29, 0.717) is 31.7 Å². The van der Waals surface area contributed by atoms with Crippen LogP contribution in [-0.4, -0.2) is 50.2 Å². The summed E-state index contributed by atoms with van der Waals surface area (Å²) < 4.78 is 10.5. The Morgan fingerprint density at radius 3 is 2.75 bits per heavy atom. The molecule has 1 fully saturated rings. The molecule has 2 N–H and O–H groups in total. The Balaban J connectivity index is 2.10. The molecule has 0 aromatic carbocycles. The smallest absolute Gasteiger partial charge is 0.0897 e. The molecule has 0 aromatic heterocycles. The third-order valence-corrected chi connectivity index (χ3v) is 3.16. The lowest BCUT2D eigenvalue weighted by atomic mass is 9.93.